The summed E-state index contributed by atoms with van der Waals surface area (Å²) in [5, 5.41) is 20.1. The summed E-state index contributed by atoms with van der Waals surface area (Å²) < 4.78 is 0. The van der Waals surface area contributed by atoms with Gasteiger partial charge in [0.1, 0.15) is 11.5 Å². The van der Waals surface area contributed by atoms with Gasteiger partial charge < -0.3 is 10.2 Å². The van der Waals surface area contributed by atoms with Crippen LogP contribution in [0.25, 0.3) is 0 Å². The molecule has 0 heterocycles. The summed E-state index contributed by atoms with van der Waals surface area (Å²) in [5.41, 5.74) is 3.47. The molecule has 5 heteroatoms. The number of aryl methyl sites for hydroxylation is 2. The van der Waals surface area contributed by atoms with Gasteiger partial charge in [-0.05, 0) is 56.0 Å². The van der Waals surface area contributed by atoms with Gasteiger partial charge in [-0.2, -0.15) is 0 Å². The second-order valence-corrected chi connectivity index (χ2v) is 7.05. The Morgan fingerprint density at radius 1 is 0.889 bits per heavy atom. The number of aromatic hydroxyl groups is 2. The first-order chi connectivity index (χ1) is 12.5. The van der Waals surface area contributed by atoms with Crippen LogP contribution in [0, 0.1) is 13.8 Å². The largest absolute Gasteiger partial charge is 0.507 e. The molecule has 0 unspecified atom stereocenters. The van der Waals surface area contributed by atoms with Crippen LogP contribution in [0.4, 0.5) is 0 Å². The minimum absolute atomic E-state index is 0. The maximum atomic E-state index is 10.3. The Hall–Kier alpha value is -2.11. The third-order valence-electron chi connectivity index (χ3n) is 4.92. The van der Waals surface area contributed by atoms with Crippen molar-refractivity contribution in [3.05, 3.63) is 58.7 Å². The van der Waals surface area contributed by atoms with Crippen LogP contribution in [-0.4, -0.2) is 34.7 Å². The number of hydrogen-bond acceptors (Lipinski definition) is 4. The molecule has 0 aromatic heterocycles. The van der Waals surface area contributed by atoms with Gasteiger partial charge in [0.05, 0.1) is 12.1 Å². The van der Waals surface area contributed by atoms with Gasteiger partial charge in [-0.1, -0.05) is 31.0 Å². The van der Waals surface area contributed by atoms with Crippen molar-refractivity contribution < 1.29 is 27.0 Å². The Kier molecular flexibility index (Phi) is 7.62. The molecule has 2 aromatic carbocycles. The fraction of sp³-hybridized carbons (Fsp3) is 0.364. The summed E-state index contributed by atoms with van der Waals surface area (Å²) in [6.45, 7) is 3.92. The fourth-order valence-corrected chi connectivity index (χ4v) is 3.48. The SMILES string of the molecule is Cc1cc(C)c(O)c(C=N[C@H]2CCCC[C@@H]2N=Cc2ccccc2O)c1.[Co]. The summed E-state index contributed by atoms with van der Waals surface area (Å²) in [6.07, 6.45) is 7.80. The zero-order chi connectivity index (χ0) is 18.5. The van der Waals surface area contributed by atoms with E-state index < -0.39 is 0 Å². The van der Waals surface area contributed by atoms with Gasteiger partial charge in [0.15, 0.2) is 0 Å². The number of benzene rings is 2. The molecule has 1 aliphatic rings. The number of phenolic OH excluding ortho intramolecular Hbond substituents is 2. The molecule has 27 heavy (non-hydrogen) atoms. The fourth-order valence-electron chi connectivity index (χ4n) is 3.48. The number of para-hydroxylation sites is 1. The molecule has 2 N–H and O–H groups in total. The van der Waals surface area contributed by atoms with Crippen LogP contribution in [0.2, 0.25) is 0 Å². The summed E-state index contributed by atoms with van der Waals surface area (Å²) >= 11 is 0. The molecular weight excluding hydrogens is 383 g/mol. The third kappa shape index (κ3) is 5.43. The van der Waals surface area contributed by atoms with Gasteiger partial charge in [-0.3, -0.25) is 9.98 Å². The quantitative estimate of drug-likeness (QED) is 0.727. The van der Waals surface area contributed by atoms with Gasteiger partial charge in [0, 0.05) is 40.3 Å². The Morgan fingerprint density at radius 2 is 1.48 bits per heavy atom. The second-order valence-electron chi connectivity index (χ2n) is 7.05. The van der Waals surface area contributed by atoms with E-state index in [1.54, 1.807) is 24.6 Å². The van der Waals surface area contributed by atoms with Crippen LogP contribution in [0.3, 0.4) is 0 Å². The normalized spacial score (nSPS) is 20.1. The topological polar surface area (TPSA) is 65.2 Å². The molecule has 2 aromatic rings. The number of rotatable bonds is 4. The Labute approximate surface area is 171 Å². The summed E-state index contributed by atoms with van der Waals surface area (Å²) in [6, 6.07) is 11.3. The van der Waals surface area contributed by atoms with Gasteiger partial charge in [-0.25, -0.2) is 0 Å². The van der Waals surface area contributed by atoms with Crippen LogP contribution in [-0.2, 0) is 16.8 Å². The Morgan fingerprint density at radius 3 is 2.11 bits per heavy atom. The number of nitrogens with zero attached hydrogens (tertiary/aromatic N) is 2. The maximum absolute atomic E-state index is 10.3. The summed E-state index contributed by atoms with van der Waals surface area (Å²) in [5.74, 6) is 0.539. The van der Waals surface area contributed by atoms with E-state index in [-0.39, 0.29) is 34.6 Å². The summed E-state index contributed by atoms with van der Waals surface area (Å²) in [7, 11) is 0. The van der Waals surface area contributed by atoms with Gasteiger partial charge in [0.2, 0.25) is 0 Å². The first-order valence-electron chi connectivity index (χ1n) is 9.19. The van der Waals surface area contributed by atoms with Gasteiger partial charge in [0.25, 0.3) is 0 Å². The molecule has 0 bridgehead atoms. The zero-order valence-electron chi connectivity index (χ0n) is 15.7. The number of aliphatic imine (C=N–C) groups is 2. The van der Waals surface area contributed by atoms with E-state index in [1.807, 2.05) is 38.1 Å². The van der Waals surface area contributed by atoms with Crippen LogP contribution in [0.5, 0.6) is 11.5 Å². The Bertz CT molecular complexity index is 833. The maximum Gasteiger partial charge on any atom is 0.127 e. The van der Waals surface area contributed by atoms with E-state index >= 15 is 0 Å². The predicted octanol–water partition coefficient (Wildman–Crippen LogP) is 4.56. The number of hydrogen-bond donors (Lipinski definition) is 2. The zero-order valence-corrected chi connectivity index (χ0v) is 16.8. The minimum atomic E-state index is 0. The van der Waals surface area contributed by atoms with E-state index in [0.29, 0.717) is 5.75 Å². The van der Waals surface area contributed by atoms with Crippen molar-refractivity contribution in [1.29, 1.82) is 0 Å². The predicted molar refractivity (Wildman–Crippen MR) is 107 cm³/mol. The van der Waals surface area contributed by atoms with Gasteiger partial charge in [-0.15, -0.1) is 0 Å². The first kappa shape index (κ1) is 21.2. The molecular formula is C22H26CoN2O2. The van der Waals surface area contributed by atoms with Crippen molar-refractivity contribution in [2.24, 2.45) is 9.98 Å². The second kappa shape index (κ2) is 9.72. The molecule has 145 valence electrons. The van der Waals surface area contributed by atoms with Crippen LogP contribution >= 0.6 is 0 Å². The van der Waals surface area contributed by atoms with Crippen molar-refractivity contribution in [3.63, 3.8) is 0 Å². The molecule has 1 radical (unpaired) electrons. The van der Waals surface area contributed by atoms with E-state index in [4.69, 9.17) is 9.98 Å². The van der Waals surface area contributed by atoms with Gasteiger partial charge >= 0.3 is 0 Å². The summed E-state index contributed by atoms with van der Waals surface area (Å²) in [4.78, 5) is 9.46. The molecule has 0 saturated heterocycles. The first-order valence-corrected chi connectivity index (χ1v) is 9.19. The standard InChI is InChI=1S/C22H26N2O2.Co/c1-15-11-16(2)22(26)18(12-15)14-24-20-9-5-4-8-19(20)23-13-17-7-3-6-10-21(17)25;/h3,6-7,10-14,19-20,25-26H,4-5,8-9H2,1-2H3;/t19-,20-;/m0./s1. The van der Waals surface area contributed by atoms with Crippen molar-refractivity contribution in [2.75, 3.05) is 0 Å². The van der Waals surface area contributed by atoms with Crippen LogP contribution in [0.15, 0.2) is 46.4 Å². The van der Waals surface area contributed by atoms with E-state index in [2.05, 4.69) is 0 Å². The van der Waals surface area contributed by atoms with Crippen molar-refractivity contribution in [1.82, 2.24) is 0 Å². The number of phenols is 2. The van der Waals surface area contributed by atoms with E-state index in [0.717, 1.165) is 47.9 Å². The third-order valence-corrected chi connectivity index (χ3v) is 4.92. The monoisotopic (exact) mass is 409 g/mol. The molecule has 3 rings (SSSR count). The Balaban J connectivity index is 0.00000261. The molecule has 1 fully saturated rings. The van der Waals surface area contributed by atoms with E-state index in [9.17, 15) is 10.2 Å². The molecule has 2 atom stereocenters. The molecule has 1 aliphatic carbocycles. The van der Waals surface area contributed by atoms with Crippen LogP contribution in [0.1, 0.15) is 47.9 Å². The molecule has 0 spiro atoms. The van der Waals surface area contributed by atoms with Crippen molar-refractivity contribution in [2.45, 2.75) is 51.6 Å². The smallest absolute Gasteiger partial charge is 0.127 e. The van der Waals surface area contributed by atoms with E-state index in [1.165, 1.54) is 0 Å². The molecule has 1 saturated carbocycles. The molecule has 4 nitrogen and oxygen atoms in total. The minimum Gasteiger partial charge on any atom is -0.507 e. The average Bonchev–Trinajstić information content (AvgIpc) is 2.63. The van der Waals surface area contributed by atoms with Crippen molar-refractivity contribution in [3.8, 4) is 11.5 Å². The van der Waals surface area contributed by atoms with Crippen molar-refractivity contribution >= 4 is 12.4 Å². The average molecular weight is 409 g/mol. The van der Waals surface area contributed by atoms with Crippen LogP contribution < -0.4 is 0 Å². The molecule has 0 amide bonds. The molecule has 0 aliphatic heterocycles.